The third kappa shape index (κ3) is 4.79. The van der Waals surface area contributed by atoms with Crippen LogP contribution < -0.4 is 0 Å². The van der Waals surface area contributed by atoms with E-state index in [1.807, 2.05) is 25.1 Å². The van der Waals surface area contributed by atoms with Crippen LogP contribution in [0.4, 0.5) is 10.1 Å². The van der Waals surface area contributed by atoms with Gasteiger partial charge < -0.3 is 0 Å². The lowest BCUT2D eigenvalue weighted by molar-refractivity contribution is 0.627. The number of allylic oxidation sites excluding steroid dienone is 1. The highest BCUT2D eigenvalue weighted by Crippen LogP contribution is 2.29. The van der Waals surface area contributed by atoms with Crippen molar-refractivity contribution in [3.8, 4) is 0 Å². The average molecular weight is 381 g/mol. The standard InChI is InChI=1S/C18H16BrClFN/c1-12(2)16-11-14(19)6-9-17(16)22-18(20)10-5-13-3-7-15(21)8-4-13/h3-4,6-9,11H,1,5,10H2,2H3/b22-18+. The van der Waals surface area contributed by atoms with E-state index < -0.39 is 0 Å². The van der Waals surface area contributed by atoms with E-state index in [1.165, 1.54) is 12.1 Å². The van der Waals surface area contributed by atoms with Gasteiger partial charge in [0.25, 0.3) is 0 Å². The van der Waals surface area contributed by atoms with Gasteiger partial charge in [0.15, 0.2) is 0 Å². The number of rotatable bonds is 5. The van der Waals surface area contributed by atoms with Gasteiger partial charge in [-0.25, -0.2) is 9.38 Å². The number of halogens is 3. The lowest BCUT2D eigenvalue weighted by atomic mass is 10.1. The Bertz CT molecular complexity index is 708. The van der Waals surface area contributed by atoms with Crippen LogP contribution in [0, 0.1) is 5.82 Å². The summed E-state index contributed by atoms with van der Waals surface area (Å²) in [5.74, 6) is -0.232. The largest absolute Gasteiger partial charge is 0.241 e. The zero-order valence-corrected chi connectivity index (χ0v) is 14.6. The molecule has 0 aliphatic rings. The molecule has 4 heteroatoms. The minimum absolute atomic E-state index is 0.232. The normalized spacial score (nSPS) is 11.5. The molecular weight excluding hydrogens is 365 g/mol. The van der Waals surface area contributed by atoms with Crippen molar-refractivity contribution in [1.29, 1.82) is 0 Å². The van der Waals surface area contributed by atoms with Gasteiger partial charge in [-0.2, -0.15) is 0 Å². The highest BCUT2D eigenvalue weighted by Gasteiger charge is 2.05. The van der Waals surface area contributed by atoms with Crippen molar-refractivity contribution in [1.82, 2.24) is 0 Å². The van der Waals surface area contributed by atoms with Crippen molar-refractivity contribution in [2.75, 3.05) is 0 Å². The Morgan fingerprint density at radius 2 is 1.91 bits per heavy atom. The molecule has 0 radical (unpaired) electrons. The molecule has 0 aliphatic carbocycles. The smallest absolute Gasteiger partial charge is 0.123 e. The fourth-order valence-corrected chi connectivity index (χ4v) is 2.58. The Kier molecular flexibility index (Phi) is 5.92. The summed E-state index contributed by atoms with van der Waals surface area (Å²) in [5, 5.41) is 0.522. The lowest BCUT2D eigenvalue weighted by Crippen LogP contribution is -1.93. The van der Waals surface area contributed by atoms with Crippen LogP contribution in [0.15, 0.2) is 58.5 Å². The molecule has 0 amide bonds. The van der Waals surface area contributed by atoms with Crippen LogP contribution in [0.5, 0.6) is 0 Å². The first-order valence-corrected chi connectivity index (χ1v) is 8.06. The quantitative estimate of drug-likeness (QED) is 0.523. The molecule has 22 heavy (non-hydrogen) atoms. The predicted octanol–water partition coefficient (Wildman–Crippen LogP) is 6.52. The molecule has 0 atom stereocenters. The van der Waals surface area contributed by atoms with Crippen LogP contribution in [0.25, 0.3) is 5.57 Å². The molecule has 2 aromatic rings. The second kappa shape index (κ2) is 7.70. The van der Waals surface area contributed by atoms with Gasteiger partial charge in [-0.05, 0) is 54.8 Å². The van der Waals surface area contributed by atoms with Gasteiger partial charge in [0.05, 0.1) is 5.69 Å². The van der Waals surface area contributed by atoms with Gasteiger partial charge in [0.2, 0.25) is 0 Å². The number of nitrogens with zero attached hydrogens (tertiary/aromatic N) is 1. The second-order valence-corrected chi connectivity index (χ2v) is 6.41. The van der Waals surface area contributed by atoms with E-state index in [-0.39, 0.29) is 5.82 Å². The highest BCUT2D eigenvalue weighted by molar-refractivity contribution is 9.10. The van der Waals surface area contributed by atoms with Crippen molar-refractivity contribution in [2.24, 2.45) is 4.99 Å². The first-order chi connectivity index (χ1) is 10.5. The molecule has 0 fully saturated rings. The van der Waals surface area contributed by atoms with E-state index in [2.05, 4.69) is 27.5 Å². The Morgan fingerprint density at radius 3 is 2.55 bits per heavy atom. The summed E-state index contributed by atoms with van der Waals surface area (Å²) in [6.45, 7) is 5.91. The number of hydrogen-bond donors (Lipinski definition) is 0. The van der Waals surface area contributed by atoms with Crippen LogP contribution >= 0.6 is 27.5 Å². The van der Waals surface area contributed by atoms with Crippen molar-refractivity contribution < 1.29 is 4.39 Å². The van der Waals surface area contributed by atoms with E-state index in [1.54, 1.807) is 12.1 Å². The highest BCUT2D eigenvalue weighted by atomic mass is 79.9. The third-order valence-electron chi connectivity index (χ3n) is 3.19. The Morgan fingerprint density at radius 1 is 1.23 bits per heavy atom. The molecule has 0 aromatic heterocycles. The summed E-state index contributed by atoms with van der Waals surface area (Å²) in [4.78, 5) is 4.48. The van der Waals surface area contributed by atoms with Crippen LogP contribution in [0.3, 0.4) is 0 Å². The van der Waals surface area contributed by atoms with Gasteiger partial charge in [0, 0.05) is 16.5 Å². The molecule has 0 N–H and O–H groups in total. The Balaban J connectivity index is 2.12. The second-order valence-electron chi connectivity index (χ2n) is 5.06. The van der Waals surface area contributed by atoms with Crippen LogP contribution in [0.2, 0.25) is 0 Å². The molecule has 2 aromatic carbocycles. The summed E-state index contributed by atoms with van der Waals surface area (Å²) in [5.41, 5.74) is 3.74. The number of aryl methyl sites for hydroxylation is 1. The fraction of sp³-hybridized carbons (Fsp3) is 0.167. The molecule has 0 bridgehead atoms. The average Bonchev–Trinajstić information content (AvgIpc) is 2.48. The number of hydrogen-bond acceptors (Lipinski definition) is 1. The molecule has 2 rings (SSSR count). The minimum Gasteiger partial charge on any atom is -0.241 e. The zero-order valence-electron chi connectivity index (χ0n) is 12.2. The maximum absolute atomic E-state index is 12.9. The van der Waals surface area contributed by atoms with Crippen molar-refractivity contribution in [3.63, 3.8) is 0 Å². The predicted molar refractivity (Wildman–Crippen MR) is 96.5 cm³/mol. The molecule has 0 spiro atoms. The van der Waals surface area contributed by atoms with Crippen LogP contribution in [0.1, 0.15) is 24.5 Å². The molecular formula is C18H16BrClFN. The first-order valence-electron chi connectivity index (χ1n) is 6.88. The number of benzene rings is 2. The van der Waals surface area contributed by atoms with Gasteiger partial charge in [-0.3, -0.25) is 0 Å². The molecule has 114 valence electrons. The van der Waals surface area contributed by atoms with E-state index in [9.17, 15) is 4.39 Å². The van der Waals surface area contributed by atoms with Gasteiger partial charge in [-0.15, -0.1) is 0 Å². The topological polar surface area (TPSA) is 12.4 Å². The van der Waals surface area contributed by atoms with E-state index >= 15 is 0 Å². The summed E-state index contributed by atoms with van der Waals surface area (Å²) in [7, 11) is 0. The molecule has 0 aliphatic heterocycles. The summed E-state index contributed by atoms with van der Waals surface area (Å²) < 4.78 is 13.8. The maximum atomic E-state index is 12.9. The lowest BCUT2D eigenvalue weighted by Gasteiger charge is -2.07. The Hall–Kier alpha value is -1.45. The summed E-state index contributed by atoms with van der Waals surface area (Å²) >= 11 is 9.69. The van der Waals surface area contributed by atoms with Gasteiger partial charge in [0.1, 0.15) is 11.0 Å². The van der Waals surface area contributed by atoms with Gasteiger partial charge >= 0.3 is 0 Å². The summed E-state index contributed by atoms with van der Waals surface area (Å²) in [6.07, 6.45) is 1.33. The van der Waals surface area contributed by atoms with Crippen LogP contribution in [-0.2, 0) is 6.42 Å². The van der Waals surface area contributed by atoms with Crippen molar-refractivity contribution in [3.05, 3.63) is 70.5 Å². The molecule has 0 unspecified atom stereocenters. The van der Waals surface area contributed by atoms with Crippen LogP contribution in [-0.4, -0.2) is 5.17 Å². The fourth-order valence-electron chi connectivity index (χ4n) is 2.03. The SMILES string of the molecule is C=C(C)c1cc(Br)ccc1/N=C(/Cl)CCc1ccc(F)cc1. The molecule has 0 heterocycles. The third-order valence-corrected chi connectivity index (χ3v) is 3.96. The number of aliphatic imine (C=N–C) groups is 1. The zero-order chi connectivity index (χ0) is 16.1. The van der Waals surface area contributed by atoms with Crippen molar-refractivity contribution >= 4 is 44.0 Å². The molecule has 0 saturated carbocycles. The van der Waals surface area contributed by atoms with E-state index in [4.69, 9.17) is 11.6 Å². The molecule has 0 saturated heterocycles. The van der Waals surface area contributed by atoms with Crippen molar-refractivity contribution in [2.45, 2.75) is 19.8 Å². The Labute approximate surface area is 143 Å². The van der Waals surface area contributed by atoms with Gasteiger partial charge in [-0.1, -0.05) is 46.2 Å². The summed E-state index contributed by atoms with van der Waals surface area (Å²) in [6, 6.07) is 12.2. The first kappa shape index (κ1) is 16.9. The van der Waals surface area contributed by atoms with E-state index in [0.29, 0.717) is 11.6 Å². The maximum Gasteiger partial charge on any atom is 0.123 e. The monoisotopic (exact) mass is 379 g/mol. The minimum atomic E-state index is -0.232. The molecule has 1 nitrogen and oxygen atoms in total. The van der Waals surface area contributed by atoms with E-state index in [0.717, 1.165) is 33.3 Å².